The zero-order valence-corrected chi connectivity index (χ0v) is 7.94. The van der Waals surface area contributed by atoms with Crippen molar-refractivity contribution in [3.05, 3.63) is 16.3 Å². The number of rotatable bonds is 3. The normalized spacial score (nSPS) is 10.3. The number of hydrogen-bond donors (Lipinski definition) is 1. The minimum atomic E-state index is -2.84. The van der Waals surface area contributed by atoms with E-state index in [1.54, 1.807) is 0 Å². The second-order valence-electron chi connectivity index (χ2n) is 1.93. The number of ether oxygens (including phenoxy) is 1. The molecule has 72 valence electrons. The first kappa shape index (κ1) is 10.1. The van der Waals surface area contributed by atoms with E-state index in [1.807, 2.05) is 0 Å². The second kappa shape index (κ2) is 4.33. The first-order valence-corrected chi connectivity index (χ1v) is 5.17. The number of esters is 1. The number of carbonyl (C=O) groups excluding carboxylic acids is 1. The zero-order chi connectivity index (χ0) is 9.84. The molecule has 4 nitrogen and oxygen atoms in total. The van der Waals surface area contributed by atoms with Crippen molar-refractivity contribution in [2.45, 2.75) is 4.90 Å². The maximum atomic E-state index is 11.6. The Morgan fingerprint density at radius 2 is 2.31 bits per heavy atom. The van der Waals surface area contributed by atoms with Crippen LogP contribution in [0.15, 0.2) is 16.3 Å². The molecule has 0 radical (unpaired) electrons. The molecule has 0 atom stereocenters. The average Bonchev–Trinajstić information content (AvgIpc) is 2.52. The van der Waals surface area contributed by atoms with Gasteiger partial charge in [-0.05, 0) is 11.4 Å². The monoisotopic (exact) mass is 224 g/mol. The fourth-order valence-corrected chi connectivity index (χ4v) is 2.33. The van der Waals surface area contributed by atoms with Gasteiger partial charge in [0, 0.05) is 0 Å². The van der Waals surface area contributed by atoms with Crippen molar-refractivity contribution >= 4 is 28.0 Å². The molecule has 1 heterocycles. The molecular formula is C6H5FO4S2. The average molecular weight is 224 g/mol. The van der Waals surface area contributed by atoms with Gasteiger partial charge in [-0.2, -0.15) is 0 Å². The molecule has 0 saturated carbocycles. The summed E-state index contributed by atoms with van der Waals surface area (Å²) in [5.74, 6) is -0.952. The number of halogens is 1. The van der Waals surface area contributed by atoms with E-state index >= 15 is 0 Å². The summed E-state index contributed by atoms with van der Waals surface area (Å²) < 4.78 is 36.7. The van der Waals surface area contributed by atoms with Gasteiger partial charge in [0.1, 0.15) is 4.88 Å². The maximum Gasteiger partial charge on any atom is 0.351 e. The van der Waals surface area contributed by atoms with E-state index in [4.69, 9.17) is 0 Å². The van der Waals surface area contributed by atoms with Crippen LogP contribution >= 0.6 is 11.3 Å². The largest absolute Gasteiger partial charge is 0.430 e. The summed E-state index contributed by atoms with van der Waals surface area (Å²) in [6.07, 6.45) is 0. The Kier molecular flexibility index (Phi) is 3.38. The molecular weight excluding hydrogens is 219 g/mol. The van der Waals surface area contributed by atoms with Crippen molar-refractivity contribution in [2.24, 2.45) is 0 Å². The minimum Gasteiger partial charge on any atom is -0.430 e. The predicted octanol–water partition coefficient (Wildman–Crippen LogP) is 0.802. The summed E-state index contributed by atoms with van der Waals surface area (Å²) in [6.45, 7) is -1.26. The molecule has 0 aliphatic heterocycles. The van der Waals surface area contributed by atoms with Crippen LogP contribution in [0.5, 0.6) is 0 Å². The molecule has 0 saturated heterocycles. The van der Waals surface area contributed by atoms with Crippen LogP contribution in [0.25, 0.3) is 0 Å². The molecule has 0 spiro atoms. The van der Waals surface area contributed by atoms with E-state index in [0.29, 0.717) is 0 Å². The van der Waals surface area contributed by atoms with E-state index < -0.39 is 23.5 Å². The van der Waals surface area contributed by atoms with Crippen LogP contribution < -0.4 is 0 Å². The number of thiol groups is 1. The summed E-state index contributed by atoms with van der Waals surface area (Å²) >= 11 is 0.901. The molecule has 0 aromatic carbocycles. The fourth-order valence-electron chi connectivity index (χ4n) is 0.714. The minimum absolute atomic E-state index is 0.0891. The Morgan fingerprint density at radius 3 is 2.85 bits per heavy atom. The Hall–Kier alpha value is -0.950. The lowest BCUT2D eigenvalue weighted by Gasteiger charge is -1.96. The van der Waals surface area contributed by atoms with Gasteiger partial charge in [0.15, 0.2) is 10.7 Å². The molecule has 0 aliphatic carbocycles. The third-order valence-electron chi connectivity index (χ3n) is 1.21. The van der Waals surface area contributed by atoms with Crippen molar-refractivity contribution in [3.8, 4) is 0 Å². The summed E-state index contributed by atoms with van der Waals surface area (Å²) in [5, 5.41) is 1.43. The molecule has 1 rings (SSSR count). The molecule has 0 bridgehead atoms. The van der Waals surface area contributed by atoms with E-state index in [1.165, 1.54) is 11.4 Å². The standard InChI is InChI=1S/C6H5FO4S2/c7-3-11-6(8)5-4(13(9)10)1-2-12-5/h1-2,13H,3H2. The van der Waals surface area contributed by atoms with Gasteiger partial charge >= 0.3 is 5.97 Å². The Morgan fingerprint density at radius 1 is 1.62 bits per heavy atom. The second-order valence-corrected chi connectivity index (χ2v) is 3.85. The topological polar surface area (TPSA) is 60.4 Å². The van der Waals surface area contributed by atoms with Gasteiger partial charge in [-0.15, -0.1) is 11.3 Å². The van der Waals surface area contributed by atoms with E-state index in [0.717, 1.165) is 11.3 Å². The van der Waals surface area contributed by atoms with Crippen LogP contribution in [-0.2, 0) is 15.4 Å². The van der Waals surface area contributed by atoms with Crippen molar-refractivity contribution < 1.29 is 22.3 Å². The van der Waals surface area contributed by atoms with Crippen molar-refractivity contribution in [1.82, 2.24) is 0 Å². The summed E-state index contributed by atoms with van der Waals surface area (Å²) in [6, 6.07) is 1.27. The predicted molar refractivity (Wildman–Crippen MR) is 44.3 cm³/mol. The van der Waals surface area contributed by atoms with E-state index in [-0.39, 0.29) is 9.77 Å². The van der Waals surface area contributed by atoms with E-state index in [2.05, 4.69) is 4.74 Å². The molecule has 13 heavy (non-hydrogen) atoms. The molecule has 0 fully saturated rings. The molecule has 0 N–H and O–H groups in total. The first-order valence-electron chi connectivity index (χ1n) is 3.11. The molecule has 7 heteroatoms. The van der Waals surface area contributed by atoms with Gasteiger partial charge in [0.05, 0.1) is 4.90 Å². The zero-order valence-electron chi connectivity index (χ0n) is 6.23. The number of thiophene rings is 1. The summed E-state index contributed by atoms with van der Waals surface area (Å²) in [5.41, 5.74) is 0. The van der Waals surface area contributed by atoms with Crippen LogP contribution in [-0.4, -0.2) is 21.2 Å². The SMILES string of the molecule is O=C(OCF)c1sccc1[SH](=O)=O. The number of carbonyl (C=O) groups is 1. The lowest BCUT2D eigenvalue weighted by molar-refractivity contribution is 0.0326. The lowest BCUT2D eigenvalue weighted by atomic mass is 10.5. The molecule has 1 aromatic rings. The smallest absolute Gasteiger partial charge is 0.351 e. The summed E-state index contributed by atoms with van der Waals surface area (Å²) in [7, 11) is -2.84. The van der Waals surface area contributed by atoms with Crippen LogP contribution in [0.2, 0.25) is 0 Å². The van der Waals surface area contributed by atoms with Crippen LogP contribution in [0.1, 0.15) is 9.67 Å². The molecule has 0 unspecified atom stereocenters. The van der Waals surface area contributed by atoms with Gasteiger partial charge < -0.3 is 4.74 Å². The van der Waals surface area contributed by atoms with Gasteiger partial charge in [0.25, 0.3) is 0 Å². The van der Waals surface area contributed by atoms with E-state index in [9.17, 15) is 17.6 Å². The van der Waals surface area contributed by atoms with Gasteiger partial charge in [-0.25, -0.2) is 17.6 Å². The van der Waals surface area contributed by atoms with Crippen LogP contribution in [0.3, 0.4) is 0 Å². The highest BCUT2D eigenvalue weighted by Crippen LogP contribution is 2.18. The van der Waals surface area contributed by atoms with Crippen molar-refractivity contribution in [3.63, 3.8) is 0 Å². The van der Waals surface area contributed by atoms with Gasteiger partial charge in [0.2, 0.25) is 6.86 Å². The maximum absolute atomic E-state index is 11.6. The quantitative estimate of drug-likeness (QED) is 0.609. The number of hydrogen-bond acceptors (Lipinski definition) is 5. The highest BCUT2D eigenvalue weighted by molar-refractivity contribution is 7.72. The molecule has 0 aliphatic rings. The van der Waals surface area contributed by atoms with Crippen molar-refractivity contribution in [2.75, 3.05) is 6.86 Å². The van der Waals surface area contributed by atoms with Gasteiger partial charge in [-0.3, -0.25) is 0 Å². The van der Waals surface area contributed by atoms with Crippen LogP contribution in [0.4, 0.5) is 4.39 Å². The molecule has 0 amide bonds. The first-order chi connectivity index (χ1) is 6.16. The van der Waals surface area contributed by atoms with Crippen LogP contribution in [0, 0.1) is 0 Å². The fraction of sp³-hybridized carbons (Fsp3) is 0.167. The summed E-state index contributed by atoms with van der Waals surface area (Å²) in [4.78, 5) is 10.7. The third-order valence-corrected chi connectivity index (χ3v) is 3.02. The van der Waals surface area contributed by atoms with Crippen molar-refractivity contribution in [1.29, 1.82) is 0 Å². The number of alkyl halides is 1. The highest BCUT2D eigenvalue weighted by atomic mass is 32.2. The highest BCUT2D eigenvalue weighted by Gasteiger charge is 2.15. The lowest BCUT2D eigenvalue weighted by Crippen LogP contribution is -2.03. The Balaban J connectivity index is 3.00. The Bertz CT molecular complexity index is 374. The third kappa shape index (κ3) is 2.25. The molecule has 1 aromatic heterocycles. The Labute approximate surface area is 78.9 Å². The van der Waals surface area contributed by atoms with Gasteiger partial charge in [-0.1, -0.05) is 0 Å².